The van der Waals surface area contributed by atoms with E-state index >= 15 is 0 Å². The van der Waals surface area contributed by atoms with Crippen molar-refractivity contribution in [1.29, 1.82) is 0 Å². The third-order valence-electron chi connectivity index (χ3n) is 3.31. The van der Waals surface area contributed by atoms with Crippen molar-refractivity contribution in [1.82, 2.24) is 15.2 Å². The van der Waals surface area contributed by atoms with Gasteiger partial charge in [0.1, 0.15) is 5.69 Å². The molecule has 0 aliphatic carbocycles. The number of piperidine rings is 1. The monoisotopic (exact) mass is 299 g/mol. The van der Waals surface area contributed by atoms with Gasteiger partial charge < -0.3 is 15.2 Å². The van der Waals surface area contributed by atoms with Crippen molar-refractivity contribution in [3.8, 4) is 0 Å². The smallest absolute Gasteiger partial charge is 0.268 e. The minimum atomic E-state index is 0.0111. The van der Waals surface area contributed by atoms with E-state index < -0.39 is 0 Å². The normalized spacial score (nSPS) is 24.6. The summed E-state index contributed by atoms with van der Waals surface area (Å²) in [5, 5.41) is 6.45. The Kier molecular flexibility index (Phi) is 3.89. The first-order valence-corrected chi connectivity index (χ1v) is 6.70. The molecule has 1 aliphatic rings. The highest BCUT2D eigenvalue weighted by atomic mass is 79.9. The summed E-state index contributed by atoms with van der Waals surface area (Å²) in [6.07, 6.45) is 2.89. The van der Waals surface area contributed by atoms with Crippen molar-refractivity contribution in [2.24, 2.45) is 13.0 Å². The highest BCUT2D eigenvalue weighted by Gasteiger charge is 2.23. The number of carbonyl (C=O) groups is 1. The maximum Gasteiger partial charge on any atom is 0.268 e. The topological polar surface area (TPSA) is 46.1 Å². The van der Waals surface area contributed by atoms with E-state index in [9.17, 15) is 4.79 Å². The number of hydrogen-bond donors (Lipinski definition) is 2. The molecule has 2 unspecified atom stereocenters. The average Bonchev–Trinajstić information content (AvgIpc) is 2.61. The molecule has 0 spiro atoms. The van der Waals surface area contributed by atoms with Crippen LogP contribution < -0.4 is 10.6 Å². The molecule has 2 heterocycles. The van der Waals surface area contributed by atoms with Gasteiger partial charge in [0.25, 0.3) is 5.91 Å². The van der Waals surface area contributed by atoms with E-state index in [1.54, 1.807) is 0 Å². The molecule has 0 bridgehead atoms. The highest BCUT2D eigenvalue weighted by Crippen LogP contribution is 2.15. The lowest BCUT2D eigenvalue weighted by atomic mass is 9.95. The first-order valence-electron chi connectivity index (χ1n) is 5.91. The van der Waals surface area contributed by atoms with Crippen LogP contribution in [0.4, 0.5) is 0 Å². The Morgan fingerprint density at radius 2 is 2.41 bits per heavy atom. The number of carbonyl (C=O) groups excluding carboxylic acids is 1. The first-order chi connectivity index (χ1) is 8.08. The molecule has 4 nitrogen and oxygen atoms in total. The predicted molar refractivity (Wildman–Crippen MR) is 71.0 cm³/mol. The largest absolute Gasteiger partial charge is 0.348 e. The summed E-state index contributed by atoms with van der Waals surface area (Å²) in [4.78, 5) is 12.1. The van der Waals surface area contributed by atoms with Gasteiger partial charge in [-0.25, -0.2) is 0 Å². The second-order valence-corrected chi connectivity index (χ2v) is 5.62. The van der Waals surface area contributed by atoms with Gasteiger partial charge in [0, 0.05) is 23.8 Å². The summed E-state index contributed by atoms with van der Waals surface area (Å²) in [5.41, 5.74) is 0.697. The SMILES string of the molecule is CC1CNCCC1NC(=O)c1cc(Br)cn1C. The number of aromatic nitrogens is 1. The summed E-state index contributed by atoms with van der Waals surface area (Å²) < 4.78 is 2.77. The van der Waals surface area contributed by atoms with Gasteiger partial charge in [-0.2, -0.15) is 0 Å². The highest BCUT2D eigenvalue weighted by molar-refractivity contribution is 9.10. The van der Waals surface area contributed by atoms with E-state index in [-0.39, 0.29) is 11.9 Å². The van der Waals surface area contributed by atoms with E-state index in [4.69, 9.17) is 0 Å². The summed E-state index contributed by atoms with van der Waals surface area (Å²) in [6, 6.07) is 2.12. The zero-order valence-electron chi connectivity index (χ0n) is 10.2. The Balaban J connectivity index is 2.03. The fourth-order valence-corrected chi connectivity index (χ4v) is 2.74. The third-order valence-corrected chi connectivity index (χ3v) is 3.74. The predicted octanol–water partition coefficient (Wildman–Crippen LogP) is 1.52. The van der Waals surface area contributed by atoms with Gasteiger partial charge in [-0.05, 0) is 47.4 Å². The zero-order valence-corrected chi connectivity index (χ0v) is 11.8. The van der Waals surface area contributed by atoms with Gasteiger partial charge in [-0.3, -0.25) is 4.79 Å². The van der Waals surface area contributed by atoms with E-state index in [0.29, 0.717) is 11.6 Å². The Bertz CT molecular complexity index is 416. The quantitative estimate of drug-likeness (QED) is 0.870. The van der Waals surface area contributed by atoms with Crippen molar-refractivity contribution in [3.05, 3.63) is 22.4 Å². The van der Waals surface area contributed by atoms with Crippen molar-refractivity contribution < 1.29 is 4.79 Å². The molecule has 1 aromatic rings. The van der Waals surface area contributed by atoms with Crippen molar-refractivity contribution in [2.45, 2.75) is 19.4 Å². The van der Waals surface area contributed by atoms with Crippen LogP contribution in [-0.2, 0) is 7.05 Å². The fraction of sp³-hybridized carbons (Fsp3) is 0.583. The lowest BCUT2D eigenvalue weighted by molar-refractivity contribution is 0.0906. The van der Waals surface area contributed by atoms with Crippen molar-refractivity contribution in [3.63, 3.8) is 0 Å². The van der Waals surface area contributed by atoms with Crippen molar-refractivity contribution >= 4 is 21.8 Å². The molecule has 1 fully saturated rings. The van der Waals surface area contributed by atoms with Crippen LogP contribution in [0, 0.1) is 5.92 Å². The summed E-state index contributed by atoms with van der Waals surface area (Å²) >= 11 is 3.38. The molecule has 1 amide bonds. The number of halogens is 1. The standard InChI is InChI=1S/C12H18BrN3O/c1-8-6-14-4-3-10(8)15-12(17)11-5-9(13)7-16(11)2/h5,7-8,10,14H,3-4,6H2,1-2H3,(H,15,17). The van der Waals surface area contributed by atoms with E-state index in [2.05, 4.69) is 33.5 Å². The minimum Gasteiger partial charge on any atom is -0.348 e. The third kappa shape index (κ3) is 2.90. The van der Waals surface area contributed by atoms with E-state index in [0.717, 1.165) is 24.0 Å². The van der Waals surface area contributed by atoms with Crippen molar-refractivity contribution in [2.75, 3.05) is 13.1 Å². The van der Waals surface area contributed by atoms with Crippen LogP contribution in [0.1, 0.15) is 23.8 Å². The van der Waals surface area contributed by atoms with Gasteiger partial charge in [0.05, 0.1) is 0 Å². The van der Waals surface area contributed by atoms with Crippen LogP contribution in [0.15, 0.2) is 16.7 Å². The maximum atomic E-state index is 12.1. The second-order valence-electron chi connectivity index (χ2n) is 4.70. The molecule has 0 radical (unpaired) electrons. The van der Waals surface area contributed by atoms with Crippen LogP contribution in [0.2, 0.25) is 0 Å². The number of aryl methyl sites for hydroxylation is 1. The molecule has 0 aromatic carbocycles. The van der Waals surface area contributed by atoms with E-state index in [1.165, 1.54) is 0 Å². The lowest BCUT2D eigenvalue weighted by Crippen LogP contribution is -2.48. The summed E-state index contributed by atoms with van der Waals surface area (Å²) in [6.45, 7) is 4.12. The minimum absolute atomic E-state index is 0.0111. The van der Waals surface area contributed by atoms with Crippen LogP contribution in [0.25, 0.3) is 0 Å². The molecule has 2 N–H and O–H groups in total. The van der Waals surface area contributed by atoms with Gasteiger partial charge in [0.2, 0.25) is 0 Å². The van der Waals surface area contributed by atoms with Gasteiger partial charge in [-0.1, -0.05) is 6.92 Å². The average molecular weight is 300 g/mol. The zero-order chi connectivity index (χ0) is 12.4. The molecule has 94 valence electrons. The number of hydrogen-bond acceptors (Lipinski definition) is 2. The molecule has 1 saturated heterocycles. The molecule has 17 heavy (non-hydrogen) atoms. The Morgan fingerprint density at radius 3 is 3.00 bits per heavy atom. The summed E-state index contributed by atoms with van der Waals surface area (Å²) in [7, 11) is 1.88. The van der Waals surface area contributed by atoms with Crippen LogP contribution in [0.5, 0.6) is 0 Å². The number of rotatable bonds is 2. The molecule has 0 saturated carbocycles. The molecule has 2 atom stereocenters. The molecule has 2 rings (SSSR count). The molecular formula is C12H18BrN3O. The molecular weight excluding hydrogens is 282 g/mol. The van der Waals surface area contributed by atoms with E-state index in [1.807, 2.05) is 23.9 Å². The fourth-order valence-electron chi connectivity index (χ4n) is 2.22. The van der Waals surface area contributed by atoms with Gasteiger partial charge >= 0.3 is 0 Å². The second kappa shape index (κ2) is 5.23. The Labute approximate surface area is 110 Å². The maximum absolute atomic E-state index is 12.1. The van der Waals surface area contributed by atoms with Gasteiger partial charge in [-0.15, -0.1) is 0 Å². The van der Waals surface area contributed by atoms with Crippen LogP contribution in [0.3, 0.4) is 0 Å². The van der Waals surface area contributed by atoms with Crippen LogP contribution >= 0.6 is 15.9 Å². The van der Waals surface area contributed by atoms with Gasteiger partial charge in [0.15, 0.2) is 0 Å². The molecule has 5 heteroatoms. The lowest BCUT2D eigenvalue weighted by Gasteiger charge is -2.30. The van der Waals surface area contributed by atoms with Crippen LogP contribution in [-0.4, -0.2) is 29.6 Å². The Hall–Kier alpha value is -0.810. The number of nitrogens with one attached hydrogen (secondary N) is 2. The molecule has 1 aliphatic heterocycles. The number of nitrogens with zero attached hydrogens (tertiary/aromatic N) is 1. The Morgan fingerprint density at radius 1 is 1.65 bits per heavy atom. The summed E-state index contributed by atoms with van der Waals surface area (Å²) in [5.74, 6) is 0.494. The molecule has 1 aromatic heterocycles. The number of amides is 1. The first kappa shape index (κ1) is 12.6.